The number of carbonyl (C=O) groups is 2. The number of ketones is 1. The quantitative estimate of drug-likeness (QED) is 0.676. The third-order valence-corrected chi connectivity index (χ3v) is 10.8. The van der Waals surface area contributed by atoms with Gasteiger partial charge in [-0.1, -0.05) is 6.92 Å². The van der Waals surface area contributed by atoms with Crippen LogP contribution in [-0.2, 0) is 28.5 Å². The Labute approximate surface area is 183 Å². The van der Waals surface area contributed by atoms with Crippen LogP contribution in [0.4, 0.5) is 0 Å². The fraction of sp³-hybridized carbons (Fsp3) is 0.917. The Morgan fingerprint density at radius 1 is 1.13 bits per heavy atom. The lowest BCUT2D eigenvalue weighted by Crippen LogP contribution is -2.80. The number of nitrogens with one attached hydrogen (secondary N) is 1. The molecular formula is C24H35NO6. The lowest BCUT2D eigenvalue weighted by Gasteiger charge is -2.65. The number of esters is 1. The molecule has 1 aliphatic heterocycles. The number of piperidine rings is 1. The van der Waals surface area contributed by atoms with Gasteiger partial charge >= 0.3 is 5.97 Å². The monoisotopic (exact) mass is 433 g/mol. The van der Waals surface area contributed by atoms with E-state index in [0.717, 1.165) is 25.8 Å². The highest BCUT2D eigenvalue weighted by atomic mass is 16.6. The topological polar surface area (TPSA) is 83.1 Å². The average molecular weight is 434 g/mol. The number of hydrogen-bond acceptors (Lipinski definition) is 7. The molecule has 31 heavy (non-hydrogen) atoms. The molecule has 0 aromatic carbocycles. The highest BCUT2D eigenvalue weighted by molar-refractivity contribution is 5.90. The number of fused-ring (bicyclic) bond motifs is 2. The normalized spacial score (nSPS) is 58.4. The van der Waals surface area contributed by atoms with Crippen molar-refractivity contribution in [3.05, 3.63) is 0 Å². The first-order chi connectivity index (χ1) is 14.8. The van der Waals surface area contributed by atoms with Crippen molar-refractivity contribution in [3.63, 3.8) is 0 Å². The van der Waals surface area contributed by atoms with Gasteiger partial charge in [0.2, 0.25) is 0 Å². The molecular weight excluding hydrogens is 398 g/mol. The molecule has 7 bridgehead atoms. The number of Topliss-reactive ketones (excluding diaryl/α,β-unsaturated/α-hetero) is 1. The second kappa shape index (κ2) is 6.10. The molecule has 7 nitrogen and oxygen atoms in total. The number of hydrogen-bond donors (Lipinski definition) is 1. The van der Waals surface area contributed by atoms with Crippen LogP contribution in [0.15, 0.2) is 0 Å². The van der Waals surface area contributed by atoms with Crippen molar-refractivity contribution in [1.82, 2.24) is 5.32 Å². The van der Waals surface area contributed by atoms with E-state index in [4.69, 9.17) is 18.9 Å². The van der Waals surface area contributed by atoms with Gasteiger partial charge in [0.15, 0.2) is 5.60 Å². The number of carbonyl (C=O) groups excluding carboxylic acids is 2. The first-order valence-corrected chi connectivity index (χ1v) is 11.8. The zero-order valence-electron chi connectivity index (χ0n) is 19.2. The molecule has 6 fully saturated rings. The first-order valence-electron chi connectivity index (χ1n) is 11.8. The molecule has 0 amide bonds. The molecule has 11 atom stereocenters. The van der Waals surface area contributed by atoms with E-state index in [1.54, 1.807) is 21.3 Å². The van der Waals surface area contributed by atoms with Gasteiger partial charge in [-0.05, 0) is 42.4 Å². The molecule has 7 heteroatoms. The van der Waals surface area contributed by atoms with Crippen LogP contribution < -0.4 is 5.32 Å². The van der Waals surface area contributed by atoms with Gasteiger partial charge in [0.1, 0.15) is 17.5 Å². The van der Waals surface area contributed by atoms with E-state index in [0.29, 0.717) is 24.5 Å². The van der Waals surface area contributed by atoms with Crippen molar-refractivity contribution in [2.75, 3.05) is 27.9 Å². The third kappa shape index (κ3) is 1.91. The van der Waals surface area contributed by atoms with Crippen LogP contribution in [0.3, 0.4) is 0 Å². The van der Waals surface area contributed by atoms with E-state index < -0.39 is 22.7 Å². The third-order valence-electron chi connectivity index (χ3n) is 10.8. The van der Waals surface area contributed by atoms with E-state index in [1.807, 2.05) is 0 Å². The Morgan fingerprint density at radius 3 is 2.52 bits per heavy atom. The molecule has 5 saturated carbocycles. The van der Waals surface area contributed by atoms with E-state index in [1.165, 1.54) is 6.92 Å². The summed E-state index contributed by atoms with van der Waals surface area (Å²) in [7, 11) is 5.26. The first kappa shape index (κ1) is 20.6. The van der Waals surface area contributed by atoms with Gasteiger partial charge in [-0.3, -0.25) is 9.59 Å². The van der Waals surface area contributed by atoms with Crippen LogP contribution in [0.5, 0.6) is 0 Å². The van der Waals surface area contributed by atoms with E-state index in [2.05, 4.69) is 12.2 Å². The number of methoxy groups -OCH3 is 3. The molecule has 0 radical (unpaired) electrons. The van der Waals surface area contributed by atoms with Crippen LogP contribution >= 0.6 is 0 Å². The zero-order valence-corrected chi connectivity index (χ0v) is 19.2. The van der Waals surface area contributed by atoms with E-state index >= 15 is 0 Å². The Bertz CT molecular complexity index is 848. The smallest absolute Gasteiger partial charge is 0.303 e. The second-order valence-corrected chi connectivity index (χ2v) is 11.3. The van der Waals surface area contributed by atoms with Crippen molar-refractivity contribution in [2.45, 2.75) is 75.4 Å². The van der Waals surface area contributed by atoms with E-state index in [9.17, 15) is 9.59 Å². The molecule has 1 heterocycles. The lowest BCUT2D eigenvalue weighted by atomic mass is 9.44. The molecule has 1 spiro atoms. The minimum atomic E-state index is -0.927. The lowest BCUT2D eigenvalue weighted by molar-refractivity contribution is -0.289. The Hall–Kier alpha value is -1.02. The summed E-state index contributed by atoms with van der Waals surface area (Å²) in [6.07, 6.45) is 3.58. The summed E-state index contributed by atoms with van der Waals surface area (Å²) in [5, 5.41) is 3.80. The van der Waals surface area contributed by atoms with Crippen molar-refractivity contribution in [3.8, 4) is 0 Å². The summed E-state index contributed by atoms with van der Waals surface area (Å²) in [5.41, 5.74) is -2.31. The van der Waals surface area contributed by atoms with Crippen molar-refractivity contribution >= 4 is 11.8 Å². The highest BCUT2D eigenvalue weighted by Gasteiger charge is 2.90. The van der Waals surface area contributed by atoms with Crippen LogP contribution in [0.2, 0.25) is 0 Å². The molecule has 0 aromatic heterocycles. The standard InChI is InChI=1S/C24H35NO6/c1-12(26)31-19-18-21(2)7-6-17(27)23(18)15-9-13-8-14(15)22(29-4,10-16(13)28-3)24(19,30-5)20(23)25-11-21/h13-16,18-20,25H,6-11H2,1-5H3/t13-,14+,15-,16+,18-,19-,20+,21+,22-,23+,24-/m1/s1. The Balaban J connectivity index is 1.68. The van der Waals surface area contributed by atoms with Gasteiger partial charge < -0.3 is 24.3 Å². The molecule has 6 aliphatic rings. The predicted molar refractivity (Wildman–Crippen MR) is 110 cm³/mol. The maximum Gasteiger partial charge on any atom is 0.303 e. The minimum absolute atomic E-state index is 0.0480. The zero-order chi connectivity index (χ0) is 22.0. The Morgan fingerprint density at radius 2 is 1.87 bits per heavy atom. The SMILES string of the molecule is CO[C@H]1C[C@@]2(OC)[C@H]3C[C@@H]1C[C@H]3[C@@]13C(=O)CC[C@@]4(C)CN[C@@H]1[C@]2(OC)[C@H](OC(C)=O)[C@H]43. The van der Waals surface area contributed by atoms with Crippen LogP contribution in [0.25, 0.3) is 0 Å². The van der Waals surface area contributed by atoms with Gasteiger partial charge in [0.25, 0.3) is 0 Å². The van der Waals surface area contributed by atoms with E-state index in [-0.39, 0.29) is 41.3 Å². The van der Waals surface area contributed by atoms with Gasteiger partial charge in [0, 0.05) is 53.6 Å². The minimum Gasteiger partial charge on any atom is -0.459 e. The van der Waals surface area contributed by atoms with Gasteiger partial charge in [-0.25, -0.2) is 0 Å². The maximum atomic E-state index is 14.0. The van der Waals surface area contributed by atoms with Crippen LogP contribution in [-0.4, -0.2) is 69.1 Å². The summed E-state index contributed by atoms with van der Waals surface area (Å²) in [4.78, 5) is 26.5. The second-order valence-electron chi connectivity index (χ2n) is 11.3. The van der Waals surface area contributed by atoms with Crippen molar-refractivity contribution < 1.29 is 28.5 Å². The van der Waals surface area contributed by atoms with Gasteiger partial charge in [-0.15, -0.1) is 0 Å². The largest absolute Gasteiger partial charge is 0.459 e. The molecule has 0 aromatic rings. The number of rotatable bonds is 4. The highest BCUT2D eigenvalue weighted by Crippen LogP contribution is 2.79. The van der Waals surface area contributed by atoms with Crippen molar-refractivity contribution in [1.29, 1.82) is 0 Å². The average Bonchev–Trinajstić information content (AvgIpc) is 3.21. The summed E-state index contributed by atoms with van der Waals surface area (Å²) < 4.78 is 25.3. The number of ether oxygens (including phenoxy) is 4. The molecule has 6 rings (SSSR count). The van der Waals surface area contributed by atoms with Gasteiger partial charge in [0.05, 0.1) is 17.6 Å². The summed E-state index contributed by atoms with van der Waals surface area (Å²) in [6, 6.07) is -0.226. The molecule has 0 unspecified atom stereocenters. The van der Waals surface area contributed by atoms with Crippen molar-refractivity contribution in [2.24, 2.45) is 34.5 Å². The Kier molecular flexibility index (Phi) is 4.05. The van der Waals surface area contributed by atoms with Crippen LogP contribution in [0, 0.1) is 34.5 Å². The fourth-order valence-electron chi connectivity index (χ4n) is 10.1. The molecule has 1 N–H and O–H groups in total. The fourth-order valence-corrected chi connectivity index (χ4v) is 10.1. The summed E-state index contributed by atoms with van der Waals surface area (Å²) in [5.74, 6) is 0.771. The van der Waals surface area contributed by atoms with Gasteiger partial charge in [-0.2, -0.15) is 0 Å². The maximum absolute atomic E-state index is 14.0. The molecule has 1 saturated heterocycles. The summed E-state index contributed by atoms with van der Waals surface area (Å²) in [6.45, 7) is 4.54. The molecule has 172 valence electrons. The van der Waals surface area contributed by atoms with Crippen LogP contribution in [0.1, 0.15) is 46.0 Å². The predicted octanol–water partition coefficient (Wildman–Crippen LogP) is 1.72. The summed E-state index contributed by atoms with van der Waals surface area (Å²) >= 11 is 0. The molecule has 5 aliphatic carbocycles.